The van der Waals surface area contributed by atoms with Crippen molar-refractivity contribution < 1.29 is 22.0 Å². The number of aromatic nitrogens is 2. The molecule has 4 nitrogen and oxygen atoms in total. The predicted molar refractivity (Wildman–Crippen MR) is 86.4 cm³/mol. The summed E-state index contributed by atoms with van der Waals surface area (Å²) in [5, 5.41) is 5.10. The van der Waals surface area contributed by atoms with Gasteiger partial charge in [-0.2, -0.15) is 18.2 Å². The van der Waals surface area contributed by atoms with Gasteiger partial charge in [-0.15, -0.1) is 0 Å². The first-order valence-electron chi connectivity index (χ1n) is 7.31. The largest absolute Gasteiger partial charge is 0.416 e. The Bertz CT molecular complexity index is 907. The Morgan fingerprint density at radius 1 is 0.846 bits per heavy atom. The van der Waals surface area contributed by atoms with Gasteiger partial charge in [-0.05, 0) is 36.4 Å². The summed E-state index contributed by atoms with van der Waals surface area (Å²) in [4.78, 5) is 7.87. The zero-order valence-electron chi connectivity index (χ0n) is 13.0. The van der Waals surface area contributed by atoms with Crippen LogP contribution in [0.1, 0.15) is 5.56 Å². The normalized spacial score (nSPS) is 11.3. The predicted octanol–water partition coefficient (Wildman–Crippen LogP) is 5.26. The average Bonchev–Trinajstić information content (AvgIpc) is 2.58. The van der Waals surface area contributed by atoms with Gasteiger partial charge >= 0.3 is 6.18 Å². The molecule has 0 spiro atoms. The van der Waals surface area contributed by atoms with Crippen LogP contribution in [0.15, 0.2) is 54.7 Å². The number of alkyl halides is 3. The molecule has 3 aromatic rings. The average molecular weight is 366 g/mol. The third-order valence-electron chi connectivity index (χ3n) is 3.32. The number of nitrogens with one attached hydrogen (secondary N) is 2. The van der Waals surface area contributed by atoms with Crippen LogP contribution in [0.25, 0.3) is 0 Å². The number of anilines is 4. The van der Waals surface area contributed by atoms with E-state index in [1.807, 2.05) is 0 Å². The van der Waals surface area contributed by atoms with Gasteiger partial charge in [-0.1, -0.05) is 12.1 Å². The quantitative estimate of drug-likeness (QED) is 0.619. The molecule has 0 atom stereocenters. The summed E-state index contributed by atoms with van der Waals surface area (Å²) in [6.45, 7) is 0. The van der Waals surface area contributed by atoms with Crippen LogP contribution in [-0.4, -0.2) is 9.97 Å². The molecule has 0 saturated heterocycles. The van der Waals surface area contributed by atoms with Gasteiger partial charge in [0.25, 0.3) is 0 Å². The van der Waals surface area contributed by atoms with E-state index in [0.29, 0.717) is 0 Å². The van der Waals surface area contributed by atoms with E-state index in [-0.39, 0.29) is 17.5 Å². The zero-order chi connectivity index (χ0) is 18.7. The maximum atomic E-state index is 13.7. The molecule has 9 heteroatoms. The van der Waals surface area contributed by atoms with E-state index in [1.165, 1.54) is 30.5 Å². The SMILES string of the molecule is Fc1cccc(F)c1Nc1ccnc(Nc2cccc(C(F)(F)F)c2)n1. The Balaban J connectivity index is 1.82. The van der Waals surface area contributed by atoms with E-state index in [0.717, 1.165) is 24.3 Å². The van der Waals surface area contributed by atoms with Gasteiger partial charge in [0.15, 0.2) is 0 Å². The molecule has 1 heterocycles. The van der Waals surface area contributed by atoms with Crippen molar-refractivity contribution in [2.75, 3.05) is 10.6 Å². The Kier molecular flexibility index (Phi) is 4.70. The first-order chi connectivity index (χ1) is 12.3. The van der Waals surface area contributed by atoms with Crippen molar-refractivity contribution in [2.45, 2.75) is 6.18 Å². The minimum absolute atomic E-state index is 0.0360. The van der Waals surface area contributed by atoms with Gasteiger partial charge < -0.3 is 10.6 Å². The second kappa shape index (κ2) is 6.95. The van der Waals surface area contributed by atoms with Crippen molar-refractivity contribution >= 4 is 23.1 Å². The summed E-state index contributed by atoms with van der Waals surface area (Å²) in [7, 11) is 0. The maximum Gasteiger partial charge on any atom is 0.416 e. The van der Waals surface area contributed by atoms with Gasteiger partial charge in [0.05, 0.1) is 5.56 Å². The van der Waals surface area contributed by atoms with Crippen molar-refractivity contribution in [3.05, 3.63) is 71.9 Å². The van der Waals surface area contributed by atoms with Crippen LogP contribution in [-0.2, 0) is 6.18 Å². The third kappa shape index (κ3) is 4.05. The topological polar surface area (TPSA) is 49.8 Å². The van der Waals surface area contributed by atoms with Gasteiger partial charge in [0.1, 0.15) is 23.1 Å². The molecule has 134 valence electrons. The van der Waals surface area contributed by atoms with Crippen molar-refractivity contribution in [1.29, 1.82) is 0 Å². The maximum absolute atomic E-state index is 13.7. The zero-order valence-corrected chi connectivity index (χ0v) is 13.0. The fourth-order valence-corrected chi connectivity index (χ4v) is 2.14. The summed E-state index contributed by atoms with van der Waals surface area (Å²) in [5.74, 6) is -1.59. The standard InChI is InChI=1S/C17H11F5N4/c18-12-5-2-6-13(19)15(12)25-14-7-8-23-16(26-14)24-11-4-1-3-10(9-11)17(20,21)22/h1-9H,(H2,23,24,25,26). The number of nitrogens with zero attached hydrogens (tertiary/aromatic N) is 2. The molecule has 0 aliphatic rings. The highest BCUT2D eigenvalue weighted by molar-refractivity contribution is 5.60. The van der Waals surface area contributed by atoms with Crippen LogP contribution in [0.4, 0.5) is 45.1 Å². The van der Waals surface area contributed by atoms with E-state index in [1.54, 1.807) is 0 Å². The molecule has 26 heavy (non-hydrogen) atoms. The molecule has 0 aliphatic heterocycles. The second-order valence-corrected chi connectivity index (χ2v) is 5.19. The Morgan fingerprint density at radius 3 is 2.23 bits per heavy atom. The van der Waals surface area contributed by atoms with Crippen molar-refractivity contribution in [3.8, 4) is 0 Å². The van der Waals surface area contributed by atoms with E-state index < -0.39 is 29.1 Å². The first-order valence-corrected chi connectivity index (χ1v) is 7.31. The lowest BCUT2D eigenvalue weighted by Gasteiger charge is -2.11. The molecule has 2 aromatic carbocycles. The van der Waals surface area contributed by atoms with Gasteiger partial charge in [0.2, 0.25) is 5.95 Å². The number of hydrogen-bond donors (Lipinski definition) is 2. The van der Waals surface area contributed by atoms with Crippen molar-refractivity contribution in [3.63, 3.8) is 0 Å². The summed E-state index contributed by atoms with van der Waals surface area (Å²) >= 11 is 0. The van der Waals surface area contributed by atoms with Crippen molar-refractivity contribution in [2.24, 2.45) is 0 Å². The smallest absolute Gasteiger partial charge is 0.335 e. The first kappa shape index (κ1) is 17.6. The van der Waals surface area contributed by atoms with E-state index >= 15 is 0 Å². The molecule has 0 bridgehead atoms. The summed E-state index contributed by atoms with van der Waals surface area (Å²) < 4.78 is 65.6. The molecular formula is C17H11F5N4. The lowest BCUT2D eigenvalue weighted by atomic mass is 10.2. The van der Waals surface area contributed by atoms with Crippen LogP contribution in [0, 0.1) is 11.6 Å². The molecule has 0 unspecified atom stereocenters. The van der Waals surface area contributed by atoms with Crippen LogP contribution < -0.4 is 10.6 Å². The lowest BCUT2D eigenvalue weighted by Crippen LogP contribution is -2.06. The second-order valence-electron chi connectivity index (χ2n) is 5.19. The summed E-state index contributed by atoms with van der Waals surface area (Å²) in [6.07, 6.45) is -3.19. The van der Waals surface area contributed by atoms with Crippen LogP contribution in [0.3, 0.4) is 0 Å². The third-order valence-corrected chi connectivity index (χ3v) is 3.32. The van der Waals surface area contributed by atoms with Gasteiger partial charge in [0, 0.05) is 11.9 Å². The van der Waals surface area contributed by atoms with E-state index in [9.17, 15) is 22.0 Å². The molecule has 0 aliphatic carbocycles. The van der Waals surface area contributed by atoms with E-state index in [2.05, 4.69) is 20.6 Å². The molecule has 1 aromatic heterocycles. The van der Waals surface area contributed by atoms with Crippen LogP contribution in [0.2, 0.25) is 0 Å². The number of hydrogen-bond acceptors (Lipinski definition) is 4. The molecular weight excluding hydrogens is 355 g/mol. The molecule has 2 N–H and O–H groups in total. The highest BCUT2D eigenvalue weighted by atomic mass is 19.4. The van der Waals surface area contributed by atoms with Crippen LogP contribution >= 0.6 is 0 Å². The fraction of sp³-hybridized carbons (Fsp3) is 0.0588. The number of halogens is 5. The Labute approximate surface area is 144 Å². The minimum Gasteiger partial charge on any atom is -0.335 e. The molecule has 0 fully saturated rings. The minimum atomic E-state index is -4.48. The Hall–Kier alpha value is -3.23. The molecule has 0 amide bonds. The van der Waals surface area contributed by atoms with Gasteiger partial charge in [-0.25, -0.2) is 13.8 Å². The van der Waals surface area contributed by atoms with Gasteiger partial charge in [-0.3, -0.25) is 0 Å². The Morgan fingerprint density at radius 2 is 1.54 bits per heavy atom. The summed E-state index contributed by atoms with van der Waals surface area (Å²) in [6, 6.07) is 9.23. The molecule has 0 saturated carbocycles. The highest BCUT2D eigenvalue weighted by Crippen LogP contribution is 2.31. The fourth-order valence-electron chi connectivity index (χ4n) is 2.14. The number of para-hydroxylation sites is 1. The number of benzene rings is 2. The molecule has 0 radical (unpaired) electrons. The van der Waals surface area contributed by atoms with Crippen LogP contribution in [0.5, 0.6) is 0 Å². The number of rotatable bonds is 4. The molecule has 3 rings (SSSR count). The monoisotopic (exact) mass is 366 g/mol. The lowest BCUT2D eigenvalue weighted by molar-refractivity contribution is -0.137. The van der Waals surface area contributed by atoms with E-state index in [4.69, 9.17) is 0 Å². The highest BCUT2D eigenvalue weighted by Gasteiger charge is 2.30. The summed E-state index contributed by atoms with van der Waals surface area (Å²) in [5.41, 5.74) is -1.10. The van der Waals surface area contributed by atoms with Crippen molar-refractivity contribution in [1.82, 2.24) is 9.97 Å².